The summed E-state index contributed by atoms with van der Waals surface area (Å²) in [5, 5.41) is 11.9. The molecule has 0 aliphatic carbocycles. The van der Waals surface area contributed by atoms with Crippen molar-refractivity contribution in [3.8, 4) is 22.3 Å². The third kappa shape index (κ3) is 14.5. The standard InChI is InChI=1S/C26H29NO7.C21H24O4/c1-25(2,3)34-24(31)27-19(21(28)20-22(29)32-26(4,5)33-23(20)30)15-16-11-13-18(14-12-16)17-9-7-6-8-10-17;1-21(2,3)25-19(22)14-18(20(23)24)13-15-9-11-17(12-10-15)16-7-5-4-6-8-16/h6-14,19-20H,15H2,1-5H3,(H,27,31);4-12,18H,13-14H2,1-3H3,(H,23,24)/t19-;18-/m10/s1. The lowest BCUT2D eigenvalue weighted by molar-refractivity contribution is -0.238. The molecule has 0 radical (unpaired) electrons. The quantitative estimate of drug-likeness (QED) is 0.0804. The molecule has 1 saturated heterocycles. The molecule has 0 aromatic heterocycles. The number of aliphatic carboxylic acids is 1. The predicted octanol–water partition coefficient (Wildman–Crippen LogP) is 8.14. The first-order valence-electron chi connectivity index (χ1n) is 19.3. The molecule has 0 saturated carbocycles. The maximum absolute atomic E-state index is 13.3. The molecule has 4 aromatic rings. The van der Waals surface area contributed by atoms with Crippen LogP contribution < -0.4 is 5.32 Å². The van der Waals surface area contributed by atoms with Gasteiger partial charge < -0.3 is 29.4 Å². The highest BCUT2D eigenvalue weighted by atomic mass is 16.7. The molecule has 0 spiro atoms. The zero-order valence-corrected chi connectivity index (χ0v) is 34.8. The summed E-state index contributed by atoms with van der Waals surface area (Å²) < 4.78 is 20.7. The van der Waals surface area contributed by atoms with Gasteiger partial charge in [-0.25, -0.2) is 4.79 Å². The van der Waals surface area contributed by atoms with Gasteiger partial charge in [-0.05, 0) is 87.8 Å². The lowest BCUT2D eigenvalue weighted by Gasteiger charge is -2.33. The number of nitrogens with one attached hydrogen (secondary N) is 1. The van der Waals surface area contributed by atoms with Crippen LogP contribution in [0, 0.1) is 11.8 Å². The zero-order valence-electron chi connectivity index (χ0n) is 34.8. The minimum atomic E-state index is -1.79. The average Bonchev–Trinajstić information content (AvgIpc) is 3.13. The summed E-state index contributed by atoms with van der Waals surface area (Å²) in [5.74, 6) is -8.38. The van der Waals surface area contributed by atoms with Crippen molar-refractivity contribution in [2.75, 3.05) is 0 Å². The smallest absolute Gasteiger partial charge is 0.408 e. The summed E-state index contributed by atoms with van der Waals surface area (Å²) in [5.41, 5.74) is 4.38. The number of ether oxygens (including phenoxy) is 4. The minimum Gasteiger partial charge on any atom is -0.481 e. The van der Waals surface area contributed by atoms with Crippen LogP contribution in [0.2, 0.25) is 0 Å². The Morgan fingerprint density at radius 3 is 1.46 bits per heavy atom. The van der Waals surface area contributed by atoms with E-state index in [4.69, 9.17) is 18.9 Å². The molecular weight excluding hydrogens is 755 g/mol. The molecule has 312 valence electrons. The number of carbonyl (C=O) groups excluding carboxylic acids is 5. The van der Waals surface area contributed by atoms with Crippen molar-refractivity contribution < 1.29 is 52.8 Å². The first-order chi connectivity index (χ1) is 27.6. The molecule has 1 heterocycles. The zero-order chi connectivity index (χ0) is 43.5. The number of carboxylic acid groups (broad SMARTS) is 1. The number of carboxylic acids is 1. The Labute approximate surface area is 345 Å². The van der Waals surface area contributed by atoms with Gasteiger partial charge in [0.2, 0.25) is 5.92 Å². The summed E-state index contributed by atoms with van der Waals surface area (Å²) in [4.78, 5) is 74.0. The number of rotatable bonds is 12. The van der Waals surface area contributed by atoms with E-state index in [1.54, 1.807) is 41.5 Å². The second-order valence-electron chi connectivity index (χ2n) is 16.6. The molecule has 2 atom stereocenters. The number of Topliss-reactive ketones (excluding diaryl/α,β-unsaturated/α-hetero) is 1. The second kappa shape index (κ2) is 19.4. The first-order valence-corrected chi connectivity index (χ1v) is 19.3. The fraction of sp³-hybridized carbons (Fsp3) is 0.362. The SMILES string of the molecule is CC(C)(C)OC(=O)C[C@H](Cc1ccc(-c2ccccc2)cc1)C(=O)O.CC(C)(C)OC(=O)N[C@H](Cc1ccc(-c2ccccc2)cc1)C(=O)C1C(=O)OC(C)(C)OC1=O. The molecular formula is C47H53NO11. The van der Waals surface area contributed by atoms with Gasteiger partial charge in [0.05, 0.1) is 18.4 Å². The van der Waals surface area contributed by atoms with Crippen molar-refractivity contribution in [1.29, 1.82) is 0 Å². The molecule has 1 aliphatic rings. The van der Waals surface area contributed by atoms with Crippen LogP contribution in [0.25, 0.3) is 22.3 Å². The molecule has 1 fully saturated rings. The molecule has 5 rings (SSSR count). The van der Waals surface area contributed by atoms with E-state index in [1.165, 1.54) is 13.8 Å². The topological polar surface area (TPSA) is 172 Å². The van der Waals surface area contributed by atoms with Crippen molar-refractivity contribution in [3.05, 3.63) is 120 Å². The van der Waals surface area contributed by atoms with Crippen LogP contribution in [-0.2, 0) is 55.8 Å². The fourth-order valence-corrected chi connectivity index (χ4v) is 6.10. The third-order valence-corrected chi connectivity index (χ3v) is 8.71. The van der Waals surface area contributed by atoms with Gasteiger partial charge in [-0.1, -0.05) is 109 Å². The highest BCUT2D eigenvalue weighted by molar-refractivity contribution is 6.17. The van der Waals surface area contributed by atoms with Crippen LogP contribution in [0.5, 0.6) is 0 Å². The summed E-state index contributed by atoms with van der Waals surface area (Å²) in [6.45, 7) is 13.1. The van der Waals surface area contributed by atoms with Crippen molar-refractivity contribution in [2.24, 2.45) is 11.8 Å². The first kappa shape index (κ1) is 45.4. The van der Waals surface area contributed by atoms with Gasteiger partial charge in [-0.3, -0.25) is 24.0 Å². The largest absolute Gasteiger partial charge is 0.481 e. The molecule has 59 heavy (non-hydrogen) atoms. The highest BCUT2D eigenvalue weighted by Crippen LogP contribution is 2.27. The van der Waals surface area contributed by atoms with E-state index in [2.05, 4.69) is 5.32 Å². The number of hydrogen-bond acceptors (Lipinski definition) is 10. The Kier molecular flexibility index (Phi) is 15.0. The van der Waals surface area contributed by atoms with E-state index in [0.717, 1.165) is 27.8 Å². The normalized spacial score (nSPS) is 14.9. The number of benzene rings is 4. The van der Waals surface area contributed by atoms with E-state index in [-0.39, 0.29) is 12.8 Å². The molecule has 0 bridgehead atoms. The third-order valence-electron chi connectivity index (χ3n) is 8.71. The summed E-state index contributed by atoms with van der Waals surface area (Å²) >= 11 is 0. The van der Waals surface area contributed by atoms with E-state index in [0.29, 0.717) is 12.0 Å². The number of cyclic esters (lactones) is 2. The Morgan fingerprint density at radius 2 is 1.05 bits per heavy atom. The molecule has 4 aromatic carbocycles. The molecule has 12 heteroatoms. The maximum Gasteiger partial charge on any atom is 0.408 e. The monoisotopic (exact) mass is 807 g/mol. The van der Waals surface area contributed by atoms with Crippen LogP contribution in [-0.4, -0.2) is 63.9 Å². The lowest BCUT2D eigenvalue weighted by atomic mass is 9.92. The van der Waals surface area contributed by atoms with Crippen molar-refractivity contribution >= 4 is 35.8 Å². The Hall–Kier alpha value is -6.30. The summed E-state index contributed by atoms with van der Waals surface area (Å²) in [7, 11) is 0. The lowest BCUT2D eigenvalue weighted by Crippen LogP contribution is -2.55. The van der Waals surface area contributed by atoms with Crippen LogP contribution in [0.1, 0.15) is 72.9 Å². The Balaban J connectivity index is 0.000000273. The Morgan fingerprint density at radius 1 is 0.644 bits per heavy atom. The van der Waals surface area contributed by atoms with E-state index < -0.39 is 70.6 Å². The summed E-state index contributed by atoms with van der Waals surface area (Å²) in [6.07, 6.45) is -0.644. The number of amides is 1. The fourth-order valence-electron chi connectivity index (χ4n) is 6.10. The number of hydrogen-bond donors (Lipinski definition) is 2. The number of ketones is 1. The highest BCUT2D eigenvalue weighted by Gasteiger charge is 2.49. The van der Waals surface area contributed by atoms with Crippen molar-refractivity contribution in [2.45, 2.75) is 97.7 Å². The molecule has 1 amide bonds. The van der Waals surface area contributed by atoms with Crippen LogP contribution in [0.3, 0.4) is 0 Å². The summed E-state index contributed by atoms with van der Waals surface area (Å²) in [6, 6.07) is 33.7. The average molecular weight is 808 g/mol. The molecule has 1 aliphatic heterocycles. The second-order valence-corrected chi connectivity index (χ2v) is 16.6. The molecule has 0 unspecified atom stereocenters. The van der Waals surface area contributed by atoms with E-state index in [1.807, 2.05) is 109 Å². The van der Waals surface area contributed by atoms with Crippen molar-refractivity contribution in [3.63, 3.8) is 0 Å². The van der Waals surface area contributed by atoms with Gasteiger partial charge in [0.1, 0.15) is 11.2 Å². The number of alkyl carbamates (subject to hydrolysis) is 1. The minimum absolute atomic E-state index is 0.0353. The van der Waals surface area contributed by atoms with Crippen LogP contribution >= 0.6 is 0 Å². The maximum atomic E-state index is 13.3. The molecule has 2 N–H and O–H groups in total. The Bertz CT molecular complexity index is 2060. The van der Waals surface area contributed by atoms with E-state index >= 15 is 0 Å². The van der Waals surface area contributed by atoms with Gasteiger partial charge in [-0.2, -0.15) is 0 Å². The van der Waals surface area contributed by atoms with E-state index in [9.17, 15) is 33.9 Å². The van der Waals surface area contributed by atoms with Gasteiger partial charge in [0.15, 0.2) is 5.78 Å². The van der Waals surface area contributed by atoms with Gasteiger partial charge in [0, 0.05) is 13.8 Å². The predicted molar refractivity (Wildman–Crippen MR) is 221 cm³/mol. The van der Waals surface area contributed by atoms with Gasteiger partial charge >= 0.3 is 30.0 Å². The van der Waals surface area contributed by atoms with Crippen LogP contribution in [0.4, 0.5) is 4.79 Å². The van der Waals surface area contributed by atoms with Crippen LogP contribution in [0.15, 0.2) is 109 Å². The number of carbonyl (C=O) groups is 6. The van der Waals surface area contributed by atoms with Crippen molar-refractivity contribution in [1.82, 2.24) is 5.32 Å². The van der Waals surface area contributed by atoms with Gasteiger partial charge in [0.25, 0.3) is 5.79 Å². The number of esters is 3. The van der Waals surface area contributed by atoms with Gasteiger partial charge in [-0.15, -0.1) is 0 Å². The molecule has 12 nitrogen and oxygen atoms in total.